The van der Waals surface area contributed by atoms with Crippen molar-refractivity contribution in [3.05, 3.63) is 57.6 Å². The number of halogens is 2. The van der Waals surface area contributed by atoms with E-state index < -0.39 is 22.0 Å². The maximum absolute atomic E-state index is 12.8. The van der Waals surface area contributed by atoms with Crippen molar-refractivity contribution in [3.63, 3.8) is 0 Å². The van der Waals surface area contributed by atoms with Gasteiger partial charge in [-0.25, -0.2) is 8.42 Å². The van der Waals surface area contributed by atoms with Crippen LogP contribution in [0.25, 0.3) is 0 Å². The van der Waals surface area contributed by atoms with Gasteiger partial charge in [-0.3, -0.25) is 4.79 Å². The van der Waals surface area contributed by atoms with E-state index in [-0.39, 0.29) is 28.6 Å². The fourth-order valence-corrected chi connectivity index (χ4v) is 4.93. The summed E-state index contributed by atoms with van der Waals surface area (Å²) in [6.45, 7) is 5.65. The van der Waals surface area contributed by atoms with Crippen molar-refractivity contribution < 1.29 is 23.1 Å². The summed E-state index contributed by atoms with van der Waals surface area (Å²) in [5.41, 5.74) is 0.734. The lowest BCUT2D eigenvalue weighted by atomic mass is 10.1. The van der Waals surface area contributed by atoms with Crippen molar-refractivity contribution in [3.8, 4) is 5.75 Å². The third-order valence-electron chi connectivity index (χ3n) is 4.62. The highest BCUT2D eigenvalue weighted by molar-refractivity contribution is 7.89. The highest BCUT2D eigenvalue weighted by atomic mass is 35.5. The van der Waals surface area contributed by atoms with Crippen molar-refractivity contribution in [2.75, 3.05) is 26.2 Å². The van der Waals surface area contributed by atoms with E-state index >= 15 is 0 Å². The fourth-order valence-electron chi connectivity index (χ4n) is 2.87. The van der Waals surface area contributed by atoms with Crippen LogP contribution < -0.4 is 10.1 Å². The van der Waals surface area contributed by atoms with Gasteiger partial charge in [0, 0.05) is 25.2 Å². The standard InChI is InChI=1S/C21H26Cl2N2O5S/c1-4-25(5-2)31(28,29)19-11-15(10-9-14(19)3)21(27)24-12-16(26)13-30-18-8-6-7-17(22)20(18)23/h6-11,16,26H,4-5,12-13H2,1-3H3,(H,24,27). The van der Waals surface area contributed by atoms with Gasteiger partial charge in [0.2, 0.25) is 10.0 Å². The first-order valence-electron chi connectivity index (χ1n) is 9.75. The summed E-state index contributed by atoms with van der Waals surface area (Å²) in [4.78, 5) is 12.6. The number of aryl methyl sites for hydroxylation is 1. The minimum Gasteiger partial charge on any atom is -0.489 e. The predicted octanol–water partition coefficient (Wildman–Crippen LogP) is 3.50. The molecule has 0 bridgehead atoms. The molecule has 0 saturated carbocycles. The molecule has 1 unspecified atom stereocenters. The zero-order valence-corrected chi connectivity index (χ0v) is 19.9. The molecule has 0 aromatic heterocycles. The normalized spacial score (nSPS) is 12.6. The summed E-state index contributed by atoms with van der Waals surface area (Å²) in [6.07, 6.45) is -1.01. The van der Waals surface area contributed by atoms with E-state index in [2.05, 4.69) is 5.32 Å². The van der Waals surface area contributed by atoms with Gasteiger partial charge in [0.05, 0.1) is 9.92 Å². The molecule has 31 heavy (non-hydrogen) atoms. The maximum atomic E-state index is 12.8. The lowest BCUT2D eigenvalue weighted by molar-refractivity contribution is 0.0843. The highest BCUT2D eigenvalue weighted by Gasteiger charge is 2.24. The van der Waals surface area contributed by atoms with Crippen LogP contribution in [0.3, 0.4) is 0 Å². The largest absolute Gasteiger partial charge is 0.489 e. The minimum atomic E-state index is -3.71. The molecule has 0 spiro atoms. The molecule has 1 amide bonds. The predicted molar refractivity (Wildman–Crippen MR) is 122 cm³/mol. The summed E-state index contributed by atoms with van der Waals surface area (Å²) in [7, 11) is -3.71. The van der Waals surface area contributed by atoms with Gasteiger partial charge in [0.1, 0.15) is 23.5 Å². The SMILES string of the molecule is CCN(CC)S(=O)(=O)c1cc(C(=O)NCC(O)COc2cccc(Cl)c2Cl)ccc1C. The van der Waals surface area contributed by atoms with Crippen LogP contribution in [0.5, 0.6) is 5.75 Å². The Hall–Kier alpha value is -1.84. The number of nitrogens with zero attached hydrogens (tertiary/aromatic N) is 1. The third-order valence-corrected chi connectivity index (χ3v) is 7.61. The molecule has 2 N–H and O–H groups in total. The van der Waals surface area contributed by atoms with E-state index in [4.69, 9.17) is 27.9 Å². The second kappa shape index (κ2) is 11.2. The van der Waals surface area contributed by atoms with Crippen LogP contribution in [-0.4, -0.2) is 56.1 Å². The molecule has 7 nitrogen and oxygen atoms in total. The van der Waals surface area contributed by atoms with Crippen molar-refractivity contribution in [1.29, 1.82) is 0 Å². The molecular weight excluding hydrogens is 463 g/mol. The summed E-state index contributed by atoms with van der Waals surface area (Å²) in [5, 5.41) is 13.3. The average Bonchev–Trinajstić information content (AvgIpc) is 2.73. The second-order valence-corrected chi connectivity index (χ2v) is 9.49. The van der Waals surface area contributed by atoms with Crippen LogP contribution in [0, 0.1) is 6.92 Å². The van der Waals surface area contributed by atoms with Gasteiger partial charge in [0.25, 0.3) is 5.91 Å². The fraction of sp³-hybridized carbons (Fsp3) is 0.381. The number of hydrogen-bond donors (Lipinski definition) is 2. The Morgan fingerprint density at radius 3 is 2.52 bits per heavy atom. The number of amides is 1. The highest BCUT2D eigenvalue weighted by Crippen LogP contribution is 2.31. The summed E-state index contributed by atoms with van der Waals surface area (Å²) >= 11 is 11.9. The number of carbonyl (C=O) groups is 1. The maximum Gasteiger partial charge on any atom is 0.251 e. The first-order valence-corrected chi connectivity index (χ1v) is 11.9. The van der Waals surface area contributed by atoms with Crippen LogP contribution >= 0.6 is 23.2 Å². The molecule has 10 heteroatoms. The van der Waals surface area contributed by atoms with Gasteiger partial charge >= 0.3 is 0 Å². The van der Waals surface area contributed by atoms with Crippen LogP contribution in [-0.2, 0) is 10.0 Å². The lowest BCUT2D eigenvalue weighted by Gasteiger charge is -2.20. The van der Waals surface area contributed by atoms with Crippen molar-refractivity contribution in [1.82, 2.24) is 9.62 Å². The topological polar surface area (TPSA) is 95.9 Å². The van der Waals surface area contributed by atoms with Crippen molar-refractivity contribution in [2.24, 2.45) is 0 Å². The number of ether oxygens (including phenoxy) is 1. The number of carbonyl (C=O) groups excluding carboxylic acids is 1. The summed E-state index contributed by atoms with van der Waals surface area (Å²) in [5.74, 6) is -0.180. The number of aliphatic hydroxyl groups is 1. The van der Waals surface area contributed by atoms with Gasteiger partial charge in [-0.15, -0.1) is 0 Å². The van der Waals surface area contributed by atoms with Gasteiger partial charge in [-0.05, 0) is 36.8 Å². The Kier molecular flexibility index (Phi) is 9.14. The lowest BCUT2D eigenvalue weighted by Crippen LogP contribution is -2.35. The summed E-state index contributed by atoms with van der Waals surface area (Å²) < 4.78 is 32.5. The molecular formula is C21H26Cl2N2O5S. The number of hydrogen-bond acceptors (Lipinski definition) is 5. The van der Waals surface area contributed by atoms with Gasteiger partial charge in [0.15, 0.2) is 0 Å². The van der Waals surface area contributed by atoms with E-state index in [1.165, 1.54) is 10.4 Å². The van der Waals surface area contributed by atoms with Crippen molar-refractivity contribution >= 4 is 39.1 Å². The van der Waals surface area contributed by atoms with E-state index in [1.54, 1.807) is 51.1 Å². The first-order chi connectivity index (χ1) is 14.6. The zero-order chi connectivity index (χ0) is 23.2. The zero-order valence-electron chi connectivity index (χ0n) is 17.6. The quantitative estimate of drug-likeness (QED) is 0.533. The molecule has 0 fully saturated rings. The monoisotopic (exact) mass is 488 g/mol. The molecule has 0 radical (unpaired) electrons. The minimum absolute atomic E-state index is 0.0864. The molecule has 2 rings (SSSR count). The summed E-state index contributed by atoms with van der Waals surface area (Å²) in [6, 6.07) is 9.38. The average molecular weight is 489 g/mol. The van der Waals surface area contributed by atoms with E-state index in [1.807, 2.05) is 0 Å². The molecule has 0 aliphatic heterocycles. The Labute approximate surface area is 193 Å². The molecule has 0 aliphatic carbocycles. The smallest absolute Gasteiger partial charge is 0.251 e. The van der Waals surface area contributed by atoms with Crippen LogP contribution in [0.1, 0.15) is 29.8 Å². The van der Waals surface area contributed by atoms with E-state index in [0.717, 1.165) is 0 Å². The molecule has 0 saturated heterocycles. The van der Waals surface area contributed by atoms with Crippen molar-refractivity contribution in [2.45, 2.75) is 31.8 Å². The Morgan fingerprint density at radius 1 is 1.19 bits per heavy atom. The molecule has 2 aromatic carbocycles. The molecule has 2 aromatic rings. The van der Waals surface area contributed by atoms with Gasteiger partial charge in [-0.1, -0.05) is 49.2 Å². The Balaban J connectivity index is 2.03. The number of aliphatic hydroxyl groups excluding tert-OH is 1. The number of nitrogens with one attached hydrogen (secondary N) is 1. The molecule has 1 atom stereocenters. The second-order valence-electron chi connectivity index (χ2n) is 6.80. The Bertz CT molecular complexity index is 1030. The molecule has 0 aliphatic rings. The van der Waals surface area contributed by atoms with E-state index in [9.17, 15) is 18.3 Å². The van der Waals surface area contributed by atoms with Crippen LogP contribution in [0.15, 0.2) is 41.3 Å². The third kappa shape index (κ3) is 6.33. The van der Waals surface area contributed by atoms with Gasteiger partial charge < -0.3 is 15.2 Å². The molecule has 170 valence electrons. The number of sulfonamides is 1. The number of rotatable bonds is 10. The first kappa shape index (κ1) is 25.4. The molecule has 0 heterocycles. The Morgan fingerprint density at radius 2 is 1.87 bits per heavy atom. The van der Waals surface area contributed by atoms with E-state index in [0.29, 0.717) is 29.4 Å². The van der Waals surface area contributed by atoms with Gasteiger partial charge in [-0.2, -0.15) is 4.31 Å². The van der Waals surface area contributed by atoms with Crippen LogP contribution in [0.4, 0.5) is 0 Å². The van der Waals surface area contributed by atoms with Crippen LogP contribution in [0.2, 0.25) is 10.0 Å². The number of benzene rings is 2.